The monoisotopic (exact) mass is 343 g/mol. The lowest BCUT2D eigenvalue weighted by molar-refractivity contribution is -0.135. The van der Waals surface area contributed by atoms with E-state index in [0.717, 1.165) is 32.6 Å². The van der Waals surface area contributed by atoms with Crippen molar-refractivity contribution < 1.29 is 9.59 Å². The van der Waals surface area contributed by atoms with Gasteiger partial charge in [0.25, 0.3) is 0 Å². The molecular weight excluding hydrogens is 314 g/mol. The van der Waals surface area contributed by atoms with Gasteiger partial charge in [-0.2, -0.15) is 0 Å². The van der Waals surface area contributed by atoms with Crippen molar-refractivity contribution in [2.75, 3.05) is 26.2 Å². The molecule has 136 valence electrons. The lowest BCUT2D eigenvalue weighted by Crippen LogP contribution is -2.54. The molecule has 25 heavy (non-hydrogen) atoms. The first-order chi connectivity index (χ1) is 12.0. The van der Waals surface area contributed by atoms with Crippen LogP contribution in [0.5, 0.6) is 0 Å². The molecule has 2 amide bonds. The van der Waals surface area contributed by atoms with E-state index in [1.165, 1.54) is 5.56 Å². The third-order valence-corrected chi connectivity index (χ3v) is 5.37. The maximum absolute atomic E-state index is 12.5. The SMILES string of the molecule is C[C@@H]1C[C@@H]1C(=O)NCCC(=O)N1CCN(Cc2ccccc2)C[C@H]1C. The van der Waals surface area contributed by atoms with Crippen LogP contribution in [0.1, 0.15) is 32.3 Å². The van der Waals surface area contributed by atoms with Crippen molar-refractivity contribution in [3.05, 3.63) is 35.9 Å². The van der Waals surface area contributed by atoms with Gasteiger partial charge in [0, 0.05) is 51.1 Å². The van der Waals surface area contributed by atoms with Crippen molar-refractivity contribution in [2.24, 2.45) is 11.8 Å². The Morgan fingerprint density at radius 3 is 2.52 bits per heavy atom. The number of rotatable bonds is 6. The summed E-state index contributed by atoms with van der Waals surface area (Å²) in [5.41, 5.74) is 1.31. The van der Waals surface area contributed by atoms with Gasteiger partial charge in [0.05, 0.1) is 0 Å². The quantitative estimate of drug-likeness (QED) is 0.858. The van der Waals surface area contributed by atoms with E-state index in [2.05, 4.69) is 48.3 Å². The van der Waals surface area contributed by atoms with Gasteiger partial charge in [0.2, 0.25) is 11.8 Å². The molecule has 0 radical (unpaired) electrons. The molecule has 1 aliphatic heterocycles. The van der Waals surface area contributed by atoms with E-state index in [0.29, 0.717) is 18.9 Å². The smallest absolute Gasteiger partial charge is 0.224 e. The van der Waals surface area contributed by atoms with Crippen LogP contribution in [0, 0.1) is 11.8 Å². The molecule has 0 spiro atoms. The zero-order chi connectivity index (χ0) is 17.8. The van der Waals surface area contributed by atoms with Gasteiger partial charge < -0.3 is 10.2 Å². The van der Waals surface area contributed by atoms with Crippen LogP contribution in [-0.2, 0) is 16.1 Å². The number of hydrogen-bond acceptors (Lipinski definition) is 3. The van der Waals surface area contributed by atoms with E-state index in [-0.39, 0.29) is 23.8 Å². The van der Waals surface area contributed by atoms with Crippen LogP contribution in [0.4, 0.5) is 0 Å². The average Bonchev–Trinajstić information content (AvgIpc) is 3.32. The maximum Gasteiger partial charge on any atom is 0.224 e. The Kier molecular flexibility index (Phi) is 5.74. The van der Waals surface area contributed by atoms with Gasteiger partial charge in [0.1, 0.15) is 0 Å². The van der Waals surface area contributed by atoms with Gasteiger partial charge in [-0.05, 0) is 24.8 Å². The number of amides is 2. The number of nitrogens with one attached hydrogen (secondary N) is 1. The third kappa shape index (κ3) is 4.82. The van der Waals surface area contributed by atoms with Gasteiger partial charge >= 0.3 is 0 Å². The van der Waals surface area contributed by atoms with Gasteiger partial charge in [-0.3, -0.25) is 14.5 Å². The molecule has 1 N–H and O–H groups in total. The molecule has 5 nitrogen and oxygen atoms in total. The van der Waals surface area contributed by atoms with Gasteiger partial charge in [0.15, 0.2) is 0 Å². The molecule has 1 aromatic rings. The summed E-state index contributed by atoms with van der Waals surface area (Å²) in [6.45, 7) is 8.15. The van der Waals surface area contributed by atoms with Crippen LogP contribution < -0.4 is 5.32 Å². The van der Waals surface area contributed by atoms with Crippen LogP contribution in [0.3, 0.4) is 0 Å². The molecule has 5 heteroatoms. The molecule has 1 saturated heterocycles. The minimum absolute atomic E-state index is 0.112. The highest BCUT2D eigenvalue weighted by Gasteiger charge is 2.38. The van der Waals surface area contributed by atoms with Gasteiger partial charge in [-0.1, -0.05) is 37.3 Å². The highest BCUT2D eigenvalue weighted by molar-refractivity contribution is 5.82. The molecule has 2 aliphatic rings. The largest absolute Gasteiger partial charge is 0.355 e. The summed E-state index contributed by atoms with van der Waals surface area (Å²) in [6.07, 6.45) is 1.38. The number of piperazine rings is 1. The normalized spacial score (nSPS) is 26.3. The van der Waals surface area contributed by atoms with Gasteiger partial charge in [-0.15, -0.1) is 0 Å². The number of nitrogens with zero attached hydrogens (tertiary/aromatic N) is 2. The molecule has 0 bridgehead atoms. The molecule has 3 atom stereocenters. The second kappa shape index (κ2) is 8.00. The number of carbonyl (C=O) groups is 2. The third-order valence-electron chi connectivity index (χ3n) is 5.37. The Morgan fingerprint density at radius 1 is 1.16 bits per heavy atom. The summed E-state index contributed by atoms with van der Waals surface area (Å²) in [4.78, 5) is 28.6. The lowest BCUT2D eigenvalue weighted by Gasteiger charge is -2.40. The highest BCUT2D eigenvalue weighted by atomic mass is 16.2. The van der Waals surface area contributed by atoms with Crippen LogP contribution in [-0.4, -0.2) is 53.8 Å². The van der Waals surface area contributed by atoms with Crippen molar-refractivity contribution in [3.63, 3.8) is 0 Å². The van der Waals surface area contributed by atoms with Crippen LogP contribution in [0.2, 0.25) is 0 Å². The van der Waals surface area contributed by atoms with Crippen molar-refractivity contribution in [1.82, 2.24) is 15.1 Å². The van der Waals surface area contributed by atoms with E-state index in [9.17, 15) is 9.59 Å². The molecule has 3 rings (SSSR count). The Balaban J connectivity index is 1.40. The fourth-order valence-electron chi connectivity index (χ4n) is 3.64. The van der Waals surface area contributed by atoms with Crippen molar-refractivity contribution in [2.45, 2.75) is 39.3 Å². The molecule has 1 aromatic carbocycles. The molecule has 0 unspecified atom stereocenters. The molecule has 1 aliphatic carbocycles. The van der Waals surface area contributed by atoms with Crippen LogP contribution >= 0.6 is 0 Å². The highest BCUT2D eigenvalue weighted by Crippen LogP contribution is 2.37. The van der Waals surface area contributed by atoms with Crippen molar-refractivity contribution in [3.8, 4) is 0 Å². The summed E-state index contributed by atoms with van der Waals surface area (Å²) >= 11 is 0. The summed E-state index contributed by atoms with van der Waals surface area (Å²) in [5.74, 6) is 0.945. The topological polar surface area (TPSA) is 52.7 Å². The minimum Gasteiger partial charge on any atom is -0.355 e. The number of hydrogen-bond donors (Lipinski definition) is 1. The van der Waals surface area contributed by atoms with Crippen LogP contribution in [0.15, 0.2) is 30.3 Å². The fraction of sp³-hybridized carbons (Fsp3) is 0.600. The van der Waals surface area contributed by atoms with Gasteiger partial charge in [-0.25, -0.2) is 0 Å². The first-order valence-corrected chi connectivity index (χ1v) is 9.38. The fourth-order valence-corrected chi connectivity index (χ4v) is 3.64. The van der Waals surface area contributed by atoms with Crippen molar-refractivity contribution >= 4 is 11.8 Å². The molecule has 1 heterocycles. The first-order valence-electron chi connectivity index (χ1n) is 9.38. The summed E-state index contributed by atoms with van der Waals surface area (Å²) in [5, 5.41) is 2.90. The van der Waals surface area contributed by atoms with Crippen LogP contribution in [0.25, 0.3) is 0 Å². The predicted octanol–water partition coefficient (Wildman–Crippen LogP) is 1.88. The zero-order valence-electron chi connectivity index (χ0n) is 15.3. The first kappa shape index (κ1) is 17.9. The van der Waals surface area contributed by atoms with E-state index < -0.39 is 0 Å². The van der Waals surface area contributed by atoms with E-state index in [1.807, 2.05) is 11.0 Å². The maximum atomic E-state index is 12.5. The lowest BCUT2D eigenvalue weighted by atomic mass is 10.1. The molecule has 0 aromatic heterocycles. The number of carbonyl (C=O) groups excluding carboxylic acids is 2. The van der Waals surface area contributed by atoms with Crippen molar-refractivity contribution in [1.29, 1.82) is 0 Å². The van der Waals surface area contributed by atoms with E-state index >= 15 is 0 Å². The summed E-state index contributed by atoms with van der Waals surface area (Å²) < 4.78 is 0. The molecular formula is C20H29N3O2. The predicted molar refractivity (Wildman–Crippen MR) is 97.8 cm³/mol. The summed E-state index contributed by atoms with van der Waals surface area (Å²) in [6, 6.07) is 10.7. The minimum atomic E-state index is 0.112. The Hall–Kier alpha value is -1.88. The second-order valence-corrected chi connectivity index (χ2v) is 7.52. The number of benzene rings is 1. The molecule has 1 saturated carbocycles. The zero-order valence-corrected chi connectivity index (χ0v) is 15.3. The molecule has 2 fully saturated rings. The average molecular weight is 343 g/mol. The van der Waals surface area contributed by atoms with E-state index in [1.54, 1.807) is 0 Å². The summed E-state index contributed by atoms with van der Waals surface area (Å²) in [7, 11) is 0. The standard InChI is InChI=1S/C20H29N3O2/c1-15-12-18(15)20(25)21-9-8-19(24)23-11-10-22(13-16(23)2)14-17-6-4-3-5-7-17/h3-7,15-16,18H,8-14H2,1-2H3,(H,21,25)/t15-,16-,18+/m1/s1. The Bertz CT molecular complexity index is 604. The Morgan fingerprint density at radius 2 is 1.88 bits per heavy atom. The second-order valence-electron chi connectivity index (χ2n) is 7.52. The van der Waals surface area contributed by atoms with E-state index in [4.69, 9.17) is 0 Å². The Labute approximate surface area is 150 Å².